The van der Waals surface area contributed by atoms with Crippen molar-refractivity contribution < 1.29 is 9.90 Å². The lowest BCUT2D eigenvalue weighted by atomic mass is 10.2. The van der Waals surface area contributed by atoms with Crippen molar-refractivity contribution in [3.63, 3.8) is 0 Å². The van der Waals surface area contributed by atoms with Gasteiger partial charge in [0, 0.05) is 18.3 Å². The maximum atomic E-state index is 10.5. The average Bonchev–Trinajstić information content (AvgIpc) is 2.55. The minimum absolute atomic E-state index is 0.113. The molecular weight excluding hydrogens is 272 g/mol. The first-order chi connectivity index (χ1) is 7.59. The number of imidazole rings is 1. The van der Waals surface area contributed by atoms with Crippen LogP contribution in [0.3, 0.4) is 0 Å². The number of pyridine rings is 1. The Kier molecular flexibility index (Phi) is 2.96. The predicted molar refractivity (Wildman–Crippen MR) is 63.6 cm³/mol. The normalized spacial score (nSPS) is 10.9. The van der Waals surface area contributed by atoms with Crippen molar-refractivity contribution in [2.45, 2.75) is 19.8 Å². The molecule has 0 radical (unpaired) electrons. The lowest BCUT2D eigenvalue weighted by Crippen LogP contribution is -1.99. The monoisotopic (exact) mass is 282 g/mol. The van der Waals surface area contributed by atoms with Gasteiger partial charge < -0.3 is 9.51 Å². The Hall–Kier alpha value is -1.36. The van der Waals surface area contributed by atoms with Crippen molar-refractivity contribution >= 4 is 27.5 Å². The van der Waals surface area contributed by atoms with Crippen LogP contribution in [0, 0.1) is 6.92 Å². The largest absolute Gasteiger partial charge is 0.481 e. The SMILES string of the molecule is Cc1c(CCC(=O)O)nc2c(Br)cccn12. The van der Waals surface area contributed by atoms with Crippen LogP contribution in [0.25, 0.3) is 5.65 Å². The molecule has 1 N–H and O–H groups in total. The van der Waals surface area contributed by atoms with E-state index in [4.69, 9.17) is 5.11 Å². The number of carboxylic acid groups (broad SMARTS) is 1. The van der Waals surface area contributed by atoms with Gasteiger partial charge in [0.2, 0.25) is 0 Å². The quantitative estimate of drug-likeness (QED) is 0.941. The molecule has 0 amide bonds. The molecule has 0 fully saturated rings. The van der Waals surface area contributed by atoms with Crippen LogP contribution in [0.1, 0.15) is 17.8 Å². The maximum absolute atomic E-state index is 10.5. The third-order valence-corrected chi connectivity index (χ3v) is 3.13. The number of carbonyl (C=O) groups is 1. The Morgan fingerprint density at radius 3 is 3.00 bits per heavy atom. The Morgan fingerprint density at radius 1 is 1.62 bits per heavy atom. The number of aromatic nitrogens is 2. The number of nitrogens with zero attached hydrogens (tertiary/aromatic N) is 2. The number of aryl methyl sites for hydroxylation is 2. The number of halogens is 1. The zero-order valence-corrected chi connectivity index (χ0v) is 10.4. The molecule has 0 atom stereocenters. The minimum Gasteiger partial charge on any atom is -0.481 e. The molecule has 0 aliphatic rings. The van der Waals surface area contributed by atoms with Crippen LogP contribution in [0.2, 0.25) is 0 Å². The van der Waals surface area contributed by atoms with Crippen LogP contribution in [0.5, 0.6) is 0 Å². The number of carboxylic acids is 1. The zero-order chi connectivity index (χ0) is 11.7. The van der Waals surface area contributed by atoms with Crippen LogP contribution in [0.15, 0.2) is 22.8 Å². The van der Waals surface area contributed by atoms with Gasteiger partial charge in [0.1, 0.15) is 0 Å². The van der Waals surface area contributed by atoms with Crippen LogP contribution in [0.4, 0.5) is 0 Å². The standard InChI is InChI=1S/C11H11BrN2O2/c1-7-9(4-5-10(15)16)13-11-8(12)3-2-6-14(7)11/h2-3,6H,4-5H2,1H3,(H,15,16). The number of hydrogen-bond donors (Lipinski definition) is 1. The van der Waals surface area contributed by atoms with Gasteiger partial charge in [-0.1, -0.05) is 0 Å². The van der Waals surface area contributed by atoms with E-state index < -0.39 is 5.97 Å². The highest BCUT2D eigenvalue weighted by Gasteiger charge is 2.11. The second-order valence-corrected chi connectivity index (χ2v) is 4.44. The van der Waals surface area contributed by atoms with Crippen molar-refractivity contribution in [3.8, 4) is 0 Å². The zero-order valence-electron chi connectivity index (χ0n) is 8.77. The van der Waals surface area contributed by atoms with E-state index in [9.17, 15) is 4.79 Å². The summed E-state index contributed by atoms with van der Waals surface area (Å²) in [5, 5.41) is 8.65. The molecule has 2 rings (SSSR count). The fourth-order valence-electron chi connectivity index (χ4n) is 1.66. The van der Waals surface area contributed by atoms with E-state index in [1.54, 1.807) is 0 Å². The van der Waals surface area contributed by atoms with Gasteiger partial charge >= 0.3 is 5.97 Å². The van der Waals surface area contributed by atoms with E-state index in [0.29, 0.717) is 6.42 Å². The molecule has 0 unspecified atom stereocenters. The van der Waals surface area contributed by atoms with Crippen molar-refractivity contribution in [1.82, 2.24) is 9.38 Å². The topological polar surface area (TPSA) is 54.6 Å². The molecule has 0 aromatic carbocycles. The molecule has 0 bridgehead atoms. The predicted octanol–water partition coefficient (Wildman–Crippen LogP) is 2.42. The smallest absolute Gasteiger partial charge is 0.303 e. The summed E-state index contributed by atoms with van der Waals surface area (Å²) in [6, 6.07) is 3.84. The Bertz CT molecular complexity index is 548. The Morgan fingerprint density at radius 2 is 2.38 bits per heavy atom. The van der Waals surface area contributed by atoms with Gasteiger partial charge in [-0.05, 0) is 35.0 Å². The molecule has 2 heterocycles. The maximum Gasteiger partial charge on any atom is 0.303 e. The van der Waals surface area contributed by atoms with Crippen molar-refractivity contribution in [3.05, 3.63) is 34.2 Å². The molecule has 4 nitrogen and oxygen atoms in total. The Labute approximate surface area is 101 Å². The first-order valence-electron chi connectivity index (χ1n) is 4.93. The third kappa shape index (κ3) is 1.95. The van der Waals surface area contributed by atoms with Gasteiger partial charge in [0.25, 0.3) is 0 Å². The van der Waals surface area contributed by atoms with Gasteiger partial charge in [0.15, 0.2) is 5.65 Å². The number of hydrogen-bond acceptors (Lipinski definition) is 2. The van der Waals surface area contributed by atoms with Crippen LogP contribution < -0.4 is 0 Å². The fourth-order valence-corrected chi connectivity index (χ4v) is 2.09. The lowest BCUT2D eigenvalue weighted by Gasteiger charge is -1.97. The lowest BCUT2D eigenvalue weighted by molar-refractivity contribution is -0.136. The number of fused-ring (bicyclic) bond motifs is 1. The minimum atomic E-state index is -0.796. The second kappa shape index (κ2) is 4.25. The summed E-state index contributed by atoms with van der Waals surface area (Å²) >= 11 is 3.42. The third-order valence-electron chi connectivity index (χ3n) is 2.52. The van der Waals surface area contributed by atoms with Crippen molar-refractivity contribution in [2.75, 3.05) is 0 Å². The summed E-state index contributed by atoms with van der Waals surface area (Å²) in [6.45, 7) is 1.95. The molecule has 84 valence electrons. The molecule has 0 saturated heterocycles. The van der Waals surface area contributed by atoms with Gasteiger partial charge in [-0.2, -0.15) is 0 Å². The van der Waals surface area contributed by atoms with Crippen LogP contribution >= 0.6 is 15.9 Å². The highest BCUT2D eigenvalue weighted by atomic mass is 79.9. The molecule has 2 aromatic rings. The Balaban J connectivity index is 2.44. The van der Waals surface area contributed by atoms with Gasteiger partial charge in [-0.25, -0.2) is 4.98 Å². The van der Waals surface area contributed by atoms with E-state index in [1.807, 2.05) is 29.7 Å². The molecule has 0 aliphatic carbocycles. The molecule has 16 heavy (non-hydrogen) atoms. The summed E-state index contributed by atoms with van der Waals surface area (Å²) in [7, 11) is 0. The van der Waals surface area contributed by atoms with E-state index in [2.05, 4.69) is 20.9 Å². The summed E-state index contributed by atoms with van der Waals surface area (Å²) < 4.78 is 2.88. The fraction of sp³-hybridized carbons (Fsp3) is 0.273. The molecule has 0 saturated carbocycles. The number of aliphatic carboxylic acids is 1. The van der Waals surface area contributed by atoms with E-state index in [0.717, 1.165) is 21.5 Å². The summed E-state index contributed by atoms with van der Waals surface area (Å²) in [5.41, 5.74) is 2.67. The molecular formula is C11H11BrN2O2. The van der Waals surface area contributed by atoms with E-state index in [-0.39, 0.29) is 6.42 Å². The molecule has 0 spiro atoms. The molecule has 2 aromatic heterocycles. The number of rotatable bonds is 3. The van der Waals surface area contributed by atoms with Crippen molar-refractivity contribution in [2.24, 2.45) is 0 Å². The van der Waals surface area contributed by atoms with E-state index >= 15 is 0 Å². The summed E-state index contributed by atoms with van der Waals surface area (Å²) in [4.78, 5) is 15.0. The summed E-state index contributed by atoms with van der Waals surface area (Å²) in [6.07, 6.45) is 2.50. The molecule has 5 heteroatoms. The van der Waals surface area contributed by atoms with Gasteiger partial charge in [-0.15, -0.1) is 0 Å². The highest BCUT2D eigenvalue weighted by molar-refractivity contribution is 9.10. The van der Waals surface area contributed by atoms with Crippen molar-refractivity contribution in [1.29, 1.82) is 0 Å². The van der Waals surface area contributed by atoms with Gasteiger partial charge in [-0.3, -0.25) is 4.79 Å². The summed E-state index contributed by atoms with van der Waals surface area (Å²) in [5.74, 6) is -0.796. The second-order valence-electron chi connectivity index (χ2n) is 3.59. The molecule has 0 aliphatic heterocycles. The van der Waals surface area contributed by atoms with Gasteiger partial charge in [0.05, 0.1) is 16.6 Å². The highest BCUT2D eigenvalue weighted by Crippen LogP contribution is 2.20. The van der Waals surface area contributed by atoms with E-state index in [1.165, 1.54) is 0 Å². The first-order valence-corrected chi connectivity index (χ1v) is 5.72. The van der Waals surface area contributed by atoms with Crippen LogP contribution in [-0.4, -0.2) is 20.5 Å². The first kappa shape index (κ1) is 11.1. The van der Waals surface area contributed by atoms with Crippen LogP contribution in [-0.2, 0) is 11.2 Å². The average molecular weight is 283 g/mol.